The van der Waals surface area contributed by atoms with Crippen molar-refractivity contribution in [3.8, 4) is 0 Å². The number of hydrogen-bond acceptors (Lipinski definition) is 5. The first-order valence-electron chi connectivity index (χ1n) is 10.8. The van der Waals surface area contributed by atoms with Crippen molar-refractivity contribution >= 4 is 14.3 Å². The molecule has 4 rings (SSSR count). The van der Waals surface area contributed by atoms with Gasteiger partial charge in [-0.3, -0.25) is 9.58 Å². The molecule has 1 aromatic carbocycles. The Balaban J connectivity index is 1.79. The third-order valence-corrected chi connectivity index (χ3v) is 11.5. The summed E-state index contributed by atoms with van der Waals surface area (Å²) in [4.78, 5) is 15.4. The largest absolute Gasteiger partial charge is 0.547 e. The molecular weight excluding hydrogens is 406 g/mol. The molecule has 7 heteroatoms. The lowest BCUT2D eigenvalue weighted by atomic mass is 9.93. The SMILES string of the molecule is COC(=O)[C@]12CC(O[Si](C)(C)C(C)(C)C)=C[C@@H](n3cccn3)N1[C@@H]2c1ccc(C)cc1. The fraction of sp³-hybridized carbons (Fsp3) is 0.500. The number of rotatable bonds is 5. The molecule has 1 unspecified atom stereocenters. The molecule has 0 amide bonds. The van der Waals surface area contributed by atoms with Gasteiger partial charge >= 0.3 is 5.97 Å². The van der Waals surface area contributed by atoms with E-state index in [9.17, 15) is 4.79 Å². The van der Waals surface area contributed by atoms with Gasteiger partial charge in [-0.05, 0) is 42.8 Å². The highest BCUT2D eigenvalue weighted by Gasteiger charge is 2.73. The number of aryl methyl sites for hydroxylation is 1. The molecule has 0 bridgehead atoms. The molecule has 2 aliphatic rings. The summed E-state index contributed by atoms with van der Waals surface area (Å²) in [6.45, 7) is 13.2. The maximum Gasteiger partial charge on any atom is 0.328 e. The van der Waals surface area contributed by atoms with Crippen molar-refractivity contribution in [3.05, 3.63) is 65.7 Å². The molecule has 4 atom stereocenters. The average molecular weight is 440 g/mol. The van der Waals surface area contributed by atoms with E-state index in [1.807, 2.05) is 16.9 Å². The Bertz CT molecular complexity index is 992. The molecular formula is C24H33N3O3Si. The van der Waals surface area contributed by atoms with Crippen LogP contribution in [-0.4, -0.2) is 41.6 Å². The molecule has 1 aromatic heterocycles. The van der Waals surface area contributed by atoms with Gasteiger partial charge in [-0.25, -0.2) is 4.79 Å². The van der Waals surface area contributed by atoms with E-state index in [-0.39, 0.29) is 23.2 Å². The van der Waals surface area contributed by atoms with Crippen molar-refractivity contribution in [2.24, 2.45) is 0 Å². The second kappa shape index (κ2) is 7.34. The molecule has 1 saturated heterocycles. The highest BCUT2D eigenvalue weighted by atomic mass is 28.4. The van der Waals surface area contributed by atoms with Crippen LogP contribution in [0.15, 0.2) is 54.6 Å². The van der Waals surface area contributed by atoms with Gasteiger partial charge in [-0.15, -0.1) is 0 Å². The van der Waals surface area contributed by atoms with E-state index in [1.54, 1.807) is 6.20 Å². The van der Waals surface area contributed by atoms with Crippen LogP contribution in [0.3, 0.4) is 0 Å². The Morgan fingerprint density at radius 3 is 2.45 bits per heavy atom. The van der Waals surface area contributed by atoms with E-state index in [1.165, 1.54) is 12.7 Å². The van der Waals surface area contributed by atoms with Crippen molar-refractivity contribution in [2.75, 3.05) is 7.11 Å². The number of methoxy groups -OCH3 is 1. The molecule has 3 heterocycles. The molecule has 31 heavy (non-hydrogen) atoms. The summed E-state index contributed by atoms with van der Waals surface area (Å²) in [7, 11) is -0.605. The van der Waals surface area contributed by atoms with Crippen LogP contribution in [0, 0.1) is 6.92 Å². The van der Waals surface area contributed by atoms with Crippen LogP contribution >= 0.6 is 0 Å². The lowest BCUT2D eigenvalue weighted by Gasteiger charge is -2.39. The van der Waals surface area contributed by atoms with Gasteiger partial charge in [0.05, 0.1) is 18.9 Å². The first kappa shape index (κ1) is 21.8. The quantitative estimate of drug-likeness (QED) is 0.374. The van der Waals surface area contributed by atoms with E-state index in [2.05, 4.69) is 81.1 Å². The molecule has 0 N–H and O–H groups in total. The van der Waals surface area contributed by atoms with Gasteiger partial charge in [0, 0.05) is 18.8 Å². The highest BCUT2D eigenvalue weighted by molar-refractivity contribution is 6.74. The normalized spacial score (nSPS) is 27.8. The zero-order valence-electron chi connectivity index (χ0n) is 19.5. The Hall–Kier alpha value is -2.38. The summed E-state index contributed by atoms with van der Waals surface area (Å²) < 4.78 is 13.9. The van der Waals surface area contributed by atoms with Crippen LogP contribution in [0.5, 0.6) is 0 Å². The number of esters is 1. The Kier molecular flexibility index (Phi) is 5.17. The molecule has 0 spiro atoms. The number of ether oxygens (including phenoxy) is 1. The van der Waals surface area contributed by atoms with Crippen molar-refractivity contribution in [2.45, 2.75) is 70.0 Å². The first-order chi connectivity index (χ1) is 14.5. The van der Waals surface area contributed by atoms with Crippen LogP contribution < -0.4 is 0 Å². The zero-order chi connectivity index (χ0) is 22.6. The molecule has 0 saturated carbocycles. The van der Waals surface area contributed by atoms with Crippen molar-refractivity contribution in [3.63, 3.8) is 0 Å². The third-order valence-electron chi connectivity index (χ3n) is 7.11. The molecule has 0 aliphatic carbocycles. The predicted octanol–water partition coefficient (Wildman–Crippen LogP) is 4.97. The first-order valence-corrected chi connectivity index (χ1v) is 13.7. The monoisotopic (exact) mass is 439 g/mol. The van der Waals surface area contributed by atoms with E-state index in [4.69, 9.17) is 9.16 Å². The van der Waals surface area contributed by atoms with Crippen LogP contribution in [0.1, 0.15) is 50.5 Å². The second-order valence-electron chi connectivity index (χ2n) is 10.2. The Labute approximate surface area is 186 Å². The second-order valence-corrected chi connectivity index (χ2v) is 14.9. The van der Waals surface area contributed by atoms with Crippen LogP contribution in [0.4, 0.5) is 0 Å². The minimum Gasteiger partial charge on any atom is -0.547 e. The molecule has 6 nitrogen and oxygen atoms in total. The molecule has 2 aromatic rings. The van der Waals surface area contributed by atoms with Gasteiger partial charge in [0.1, 0.15) is 11.7 Å². The Morgan fingerprint density at radius 2 is 1.90 bits per heavy atom. The molecule has 1 fully saturated rings. The summed E-state index contributed by atoms with van der Waals surface area (Å²) in [6, 6.07) is 10.2. The zero-order valence-corrected chi connectivity index (χ0v) is 20.5. The number of benzene rings is 1. The Morgan fingerprint density at radius 1 is 1.23 bits per heavy atom. The number of carbonyl (C=O) groups is 1. The van der Waals surface area contributed by atoms with Gasteiger partial charge in [0.15, 0.2) is 0 Å². The van der Waals surface area contributed by atoms with E-state index in [0.29, 0.717) is 6.42 Å². The topological polar surface area (TPSA) is 56.4 Å². The van der Waals surface area contributed by atoms with Crippen LogP contribution in [-0.2, 0) is 14.0 Å². The number of fused-ring (bicyclic) bond motifs is 1. The highest BCUT2D eigenvalue weighted by Crippen LogP contribution is 2.63. The number of aromatic nitrogens is 2. The smallest absolute Gasteiger partial charge is 0.328 e. The van der Waals surface area contributed by atoms with Gasteiger partial charge in [0.2, 0.25) is 8.32 Å². The summed E-state index contributed by atoms with van der Waals surface area (Å²) in [5, 5.41) is 4.55. The minimum absolute atomic E-state index is 0.0600. The molecule has 0 radical (unpaired) electrons. The molecule has 166 valence electrons. The summed E-state index contributed by atoms with van der Waals surface area (Å²) in [5.74, 6) is 0.642. The van der Waals surface area contributed by atoms with Gasteiger partial charge in [-0.2, -0.15) is 5.10 Å². The van der Waals surface area contributed by atoms with E-state index in [0.717, 1.165) is 11.3 Å². The third kappa shape index (κ3) is 3.53. The van der Waals surface area contributed by atoms with Crippen LogP contribution in [0.25, 0.3) is 0 Å². The summed E-state index contributed by atoms with van der Waals surface area (Å²) in [5.41, 5.74) is 1.51. The van der Waals surface area contributed by atoms with Crippen molar-refractivity contribution in [1.82, 2.24) is 14.7 Å². The lowest BCUT2D eigenvalue weighted by Crippen LogP contribution is -2.43. The standard InChI is InChI=1S/C24H33N3O3Si/c1-17-9-11-18(12-10-17)21-24(22(28)29-5)16-19(30-31(6,7)23(2,3)4)15-20(27(21)24)26-14-8-13-25-26/h8-15,20-21H,16H2,1-7H3/t20-,21+,24+,27?/m0/s1. The van der Waals surface area contributed by atoms with Crippen LogP contribution in [0.2, 0.25) is 18.1 Å². The van der Waals surface area contributed by atoms with Gasteiger partial charge < -0.3 is 9.16 Å². The fourth-order valence-electron chi connectivity index (χ4n) is 4.34. The van der Waals surface area contributed by atoms with Gasteiger partial charge in [-0.1, -0.05) is 50.6 Å². The average Bonchev–Trinajstić information content (AvgIpc) is 3.07. The van der Waals surface area contributed by atoms with Crippen molar-refractivity contribution < 1.29 is 14.0 Å². The van der Waals surface area contributed by atoms with E-state index < -0.39 is 13.9 Å². The van der Waals surface area contributed by atoms with Crippen molar-refractivity contribution in [1.29, 1.82) is 0 Å². The maximum atomic E-state index is 13.2. The maximum absolute atomic E-state index is 13.2. The fourth-order valence-corrected chi connectivity index (χ4v) is 5.45. The van der Waals surface area contributed by atoms with Gasteiger partial charge in [0.25, 0.3) is 0 Å². The number of carbonyl (C=O) groups excluding carboxylic acids is 1. The number of hydrogen-bond donors (Lipinski definition) is 0. The molecule has 2 aliphatic heterocycles. The van der Waals surface area contributed by atoms with E-state index >= 15 is 0 Å². The summed E-state index contributed by atoms with van der Waals surface area (Å²) >= 11 is 0. The summed E-state index contributed by atoms with van der Waals surface area (Å²) in [6.07, 6.45) is 6.11. The minimum atomic E-state index is -2.07. The predicted molar refractivity (Wildman–Crippen MR) is 123 cm³/mol. The number of nitrogens with zero attached hydrogens (tertiary/aromatic N) is 3. The lowest BCUT2D eigenvalue weighted by molar-refractivity contribution is -0.146.